The van der Waals surface area contributed by atoms with E-state index in [0.717, 1.165) is 10.3 Å². The lowest BCUT2D eigenvalue weighted by Gasteiger charge is -2.05. The Morgan fingerprint density at radius 3 is 2.82 bits per heavy atom. The number of hydrogen-bond acceptors (Lipinski definition) is 5. The minimum absolute atomic E-state index is 0.136. The van der Waals surface area contributed by atoms with E-state index >= 15 is 0 Å². The number of thiophene rings is 2. The monoisotopic (exact) mass is 414 g/mol. The first-order valence-corrected chi connectivity index (χ1v) is 10.1. The van der Waals surface area contributed by atoms with Crippen molar-refractivity contribution in [2.75, 3.05) is 5.32 Å². The van der Waals surface area contributed by atoms with Crippen LogP contribution in [0, 0.1) is 5.82 Å². The van der Waals surface area contributed by atoms with Crippen molar-refractivity contribution < 1.29 is 14.0 Å². The van der Waals surface area contributed by atoms with E-state index < -0.39 is 0 Å². The van der Waals surface area contributed by atoms with Gasteiger partial charge in [0.2, 0.25) is 5.91 Å². The molecule has 0 atom stereocenters. The number of aromatic nitrogens is 2. The second-order valence-electron chi connectivity index (χ2n) is 6.01. The lowest BCUT2D eigenvalue weighted by atomic mass is 10.2. The third-order valence-electron chi connectivity index (χ3n) is 4.05. The first-order valence-electron chi connectivity index (χ1n) is 8.42. The van der Waals surface area contributed by atoms with Crippen LogP contribution in [0.15, 0.2) is 47.8 Å². The number of hydrogen-bond donors (Lipinski definition) is 3. The maximum absolute atomic E-state index is 13.6. The number of anilines is 1. The molecule has 0 aliphatic heterocycles. The normalized spacial score (nSPS) is 10.9. The topological polar surface area (TPSA) is 86.9 Å². The summed E-state index contributed by atoms with van der Waals surface area (Å²) in [7, 11) is 0. The van der Waals surface area contributed by atoms with Crippen LogP contribution < -0.4 is 10.6 Å². The van der Waals surface area contributed by atoms with Crippen LogP contribution >= 0.6 is 22.7 Å². The van der Waals surface area contributed by atoms with Crippen LogP contribution in [-0.2, 0) is 17.8 Å². The van der Waals surface area contributed by atoms with Crippen molar-refractivity contribution in [3.63, 3.8) is 0 Å². The highest BCUT2D eigenvalue weighted by molar-refractivity contribution is 7.18. The molecule has 142 valence electrons. The molecular formula is C19H15FN4O2S2. The molecule has 6 nitrogen and oxygen atoms in total. The molecule has 2 amide bonds. The number of H-pyrrole nitrogens is 1. The molecule has 0 unspecified atom stereocenters. The van der Waals surface area contributed by atoms with Crippen molar-refractivity contribution >= 4 is 50.5 Å². The highest BCUT2D eigenvalue weighted by atomic mass is 32.1. The Hall–Kier alpha value is -3.04. The fourth-order valence-electron chi connectivity index (χ4n) is 2.68. The van der Waals surface area contributed by atoms with Gasteiger partial charge in [-0.15, -0.1) is 22.7 Å². The van der Waals surface area contributed by atoms with Crippen molar-refractivity contribution in [2.45, 2.75) is 13.0 Å². The van der Waals surface area contributed by atoms with E-state index in [1.54, 1.807) is 24.3 Å². The predicted molar refractivity (Wildman–Crippen MR) is 108 cm³/mol. The molecule has 1 aromatic carbocycles. The summed E-state index contributed by atoms with van der Waals surface area (Å²) in [4.78, 5) is 26.5. The highest BCUT2D eigenvalue weighted by Gasteiger charge is 2.15. The third kappa shape index (κ3) is 3.95. The molecule has 0 saturated carbocycles. The fourth-order valence-corrected chi connectivity index (χ4v) is 4.29. The molecular weight excluding hydrogens is 399 g/mol. The van der Waals surface area contributed by atoms with Crippen molar-refractivity contribution in [2.24, 2.45) is 0 Å². The van der Waals surface area contributed by atoms with Crippen LogP contribution in [0.1, 0.15) is 20.1 Å². The summed E-state index contributed by atoms with van der Waals surface area (Å²) in [5.41, 5.74) is 0.440. The average molecular weight is 414 g/mol. The van der Waals surface area contributed by atoms with Gasteiger partial charge in [0.1, 0.15) is 16.5 Å². The van der Waals surface area contributed by atoms with Crippen LogP contribution in [0.3, 0.4) is 0 Å². The number of nitrogens with zero attached hydrogens (tertiary/aromatic N) is 1. The average Bonchev–Trinajstić information content (AvgIpc) is 3.40. The van der Waals surface area contributed by atoms with E-state index in [1.807, 2.05) is 17.5 Å². The smallest absolute Gasteiger partial charge is 0.266 e. The molecule has 4 rings (SSSR count). The Labute approximate surface area is 167 Å². The minimum Gasteiger partial charge on any atom is -0.352 e. The first-order chi connectivity index (χ1) is 13.6. The number of amides is 2. The number of carbonyl (C=O) groups excluding carboxylic acids is 2. The van der Waals surface area contributed by atoms with Gasteiger partial charge in [-0.05, 0) is 23.6 Å². The van der Waals surface area contributed by atoms with Gasteiger partial charge in [-0.1, -0.05) is 24.3 Å². The zero-order valence-electron chi connectivity index (χ0n) is 14.5. The summed E-state index contributed by atoms with van der Waals surface area (Å²) in [6, 6.07) is 11.7. The second-order valence-corrected chi connectivity index (χ2v) is 8.07. The Balaban J connectivity index is 1.41. The van der Waals surface area contributed by atoms with Crippen molar-refractivity contribution in [3.05, 3.63) is 69.0 Å². The summed E-state index contributed by atoms with van der Waals surface area (Å²) in [6.07, 6.45) is 0.161. The minimum atomic E-state index is -0.344. The summed E-state index contributed by atoms with van der Waals surface area (Å²) in [5, 5.41) is 15.1. The van der Waals surface area contributed by atoms with Gasteiger partial charge in [-0.2, -0.15) is 5.10 Å². The molecule has 3 aromatic heterocycles. The predicted octanol–water partition coefficient (Wildman–Crippen LogP) is 3.94. The maximum atomic E-state index is 13.6. The van der Waals surface area contributed by atoms with Gasteiger partial charge in [0.05, 0.1) is 16.7 Å². The molecule has 9 heteroatoms. The van der Waals surface area contributed by atoms with E-state index in [2.05, 4.69) is 20.8 Å². The van der Waals surface area contributed by atoms with Gasteiger partial charge in [-0.3, -0.25) is 14.7 Å². The summed E-state index contributed by atoms with van der Waals surface area (Å²) in [6.45, 7) is 0.136. The summed E-state index contributed by atoms with van der Waals surface area (Å²) >= 11 is 2.72. The molecule has 28 heavy (non-hydrogen) atoms. The molecule has 0 aliphatic carbocycles. The van der Waals surface area contributed by atoms with E-state index in [9.17, 15) is 14.0 Å². The van der Waals surface area contributed by atoms with Crippen molar-refractivity contribution in [1.82, 2.24) is 15.5 Å². The fraction of sp³-hybridized carbons (Fsp3) is 0.105. The lowest BCUT2D eigenvalue weighted by molar-refractivity contribution is -0.120. The van der Waals surface area contributed by atoms with Gasteiger partial charge in [-0.25, -0.2) is 4.39 Å². The first kappa shape index (κ1) is 18.3. The Morgan fingerprint density at radius 1 is 1.18 bits per heavy atom. The highest BCUT2D eigenvalue weighted by Crippen LogP contribution is 2.30. The van der Waals surface area contributed by atoms with Crippen LogP contribution in [0.4, 0.5) is 10.2 Å². The number of benzene rings is 1. The van der Waals surface area contributed by atoms with Gasteiger partial charge >= 0.3 is 0 Å². The number of halogens is 1. The zero-order chi connectivity index (χ0) is 19.5. The Kier molecular flexibility index (Phi) is 5.18. The van der Waals surface area contributed by atoms with Crippen molar-refractivity contribution in [1.29, 1.82) is 0 Å². The van der Waals surface area contributed by atoms with E-state index in [4.69, 9.17) is 0 Å². The van der Waals surface area contributed by atoms with Crippen LogP contribution in [-0.4, -0.2) is 22.0 Å². The maximum Gasteiger partial charge on any atom is 0.266 e. The molecule has 0 aliphatic rings. The number of carbonyl (C=O) groups is 2. The van der Waals surface area contributed by atoms with Gasteiger partial charge < -0.3 is 10.6 Å². The molecule has 0 fully saturated rings. The van der Waals surface area contributed by atoms with E-state index in [1.165, 1.54) is 28.7 Å². The Bertz CT molecular complexity index is 1130. The van der Waals surface area contributed by atoms with E-state index in [-0.39, 0.29) is 30.6 Å². The molecule has 3 N–H and O–H groups in total. The van der Waals surface area contributed by atoms with Crippen LogP contribution in [0.5, 0.6) is 0 Å². The van der Waals surface area contributed by atoms with E-state index in [0.29, 0.717) is 21.1 Å². The quantitative estimate of drug-likeness (QED) is 0.447. The molecule has 3 heterocycles. The van der Waals surface area contributed by atoms with Crippen molar-refractivity contribution in [3.8, 4) is 0 Å². The van der Waals surface area contributed by atoms with Gasteiger partial charge in [0, 0.05) is 17.0 Å². The molecule has 4 aromatic rings. The van der Waals surface area contributed by atoms with Gasteiger partial charge in [0.15, 0.2) is 0 Å². The molecule has 0 spiro atoms. The zero-order valence-corrected chi connectivity index (χ0v) is 16.1. The Morgan fingerprint density at radius 2 is 2.04 bits per heavy atom. The standard InChI is InChI=1S/C19H15FN4O2S2/c20-14-5-2-1-4-11(14)10-21-16(25)9-12-8-13-17(23-24-19(13)28-12)22-18(26)15-6-3-7-27-15/h1-8H,9-10H2,(H,21,25)(H2,22,23,24,26). The number of fused-ring (bicyclic) bond motifs is 1. The molecule has 0 radical (unpaired) electrons. The van der Waals surface area contributed by atoms with Crippen LogP contribution in [0.25, 0.3) is 10.2 Å². The number of aromatic amines is 1. The molecule has 0 bridgehead atoms. The SMILES string of the molecule is O=C(Cc1cc2c(NC(=O)c3cccs3)[nH]nc2s1)NCc1ccccc1F. The third-order valence-corrected chi connectivity index (χ3v) is 5.95. The second kappa shape index (κ2) is 7.91. The number of rotatable bonds is 6. The summed E-state index contributed by atoms with van der Waals surface area (Å²) < 4.78 is 13.6. The molecule has 0 saturated heterocycles. The van der Waals surface area contributed by atoms with Gasteiger partial charge in [0.25, 0.3) is 5.91 Å². The number of nitrogens with one attached hydrogen (secondary N) is 3. The van der Waals surface area contributed by atoms with Crippen LogP contribution in [0.2, 0.25) is 0 Å². The lowest BCUT2D eigenvalue weighted by Crippen LogP contribution is -2.24. The summed E-state index contributed by atoms with van der Waals surface area (Å²) in [5.74, 6) is -0.262. The largest absolute Gasteiger partial charge is 0.352 e.